The second-order valence-corrected chi connectivity index (χ2v) is 8.48. The Bertz CT molecular complexity index is 608. The fraction of sp³-hybridized carbons (Fsp3) is 0.650. The molecule has 0 radical (unpaired) electrons. The number of likely N-dealkylation sites (tertiary alicyclic amines) is 2. The van der Waals surface area contributed by atoms with Gasteiger partial charge in [0.25, 0.3) is 5.91 Å². The molecule has 1 N–H and O–H groups in total. The van der Waals surface area contributed by atoms with Crippen LogP contribution in [0, 0.1) is 5.41 Å². The van der Waals surface area contributed by atoms with Crippen molar-refractivity contribution in [1.82, 2.24) is 9.80 Å². The van der Waals surface area contributed by atoms with E-state index in [1.54, 1.807) is 0 Å². The summed E-state index contributed by atoms with van der Waals surface area (Å²) in [5.41, 5.74) is 1.56. The summed E-state index contributed by atoms with van der Waals surface area (Å²) in [5.74, 6) is 0.159. The first-order valence-corrected chi connectivity index (χ1v) is 9.06. The molecule has 1 spiro atoms. The van der Waals surface area contributed by atoms with E-state index in [1.165, 1.54) is 6.42 Å². The van der Waals surface area contributed by atoms with Crippen molar-refractivity contribution in [2.75, 3.05) is 33.2 Å². The molecule has 0 bridgehead atoms. The molecule has 2 aliphatic rings. The van der Waals surface area contributed by atoms with E-state index in [1.807, 2.05) is 43.0 Å². The van der Waals surface area contributed by atoms with E-state index >= 15 is 0 Å². The quantitative estimate of drug-likeness (QED) is 0.923. The molecule has 4 heteroatoms. The van der Waals surface area contributed by atoms with Crippen molar-refractivity contribution in [1.29, 1.82) is 0 Å². The van der Waals surface area contributed by atoms with Crippen LogP contribution in [0.3, 0.4) is 0 Å². The molecule has 132 valence electrons. The maximum Gasteiger partial charge on any atom is 0.253 e. The van der Waals surface area contributed by atoms with Gasteiger partial charge in [-0.1, -0.05) is 12.1 Å². The number of hydrogen-bond acceptors (Lipinski definition) is 3. The SMILES string of the molecule is CN1CC[C@@]2(CCN(C(=O)c3cccc(CCC(C)(C)O)c3)C2)C1. The molecular weight excluding hydrogens is 300 g/mol. The standard InChI is InChI=1S/C20H30N2O2/c1-19(2,24)8-7-16-5-4-6-17(13-16)18(23)22-12-10-20(15-22)9-11-21(3)14-20/h4-6,13,24H,7-12,14-15H2,1-3H3/t20-/m1/s1. The van der Waals surface area contributed by atoms with Gasteiger partial charge in [-0.2, -0.15) is 0 Å². The van der Waals surface area contributed by atoms with Crippen LogP contribution in [-0.4, -0.2) is 59.6 Å². The van der Waals surface area contributed by atoms with Gasteiger partial charge in [-0.3, -0.25) is 4.79 Å². The molecule has 0 saturated carbocycles. The molecule has 0 aliphatic carbocycles. The van der Waals surface area contributed by atoms with Crippen LogP contribution in [0.5, 0.6) is 0 Å². The van der Waals surface area contributed by atoms with Gasteiger partial charge >= 0.3 is 0 Å². The summed E-state index contributed by atoms with van der Waals surface area (Å²) < 4.78 is 0. The fourth-order valence-electron chi connectivity index (χ4n) is 4.09. The maximum atomic E-state index is 12.9. The molecule has 0 unspecified atom stereocenters. The number of nitrogens with zero attached hydrogens (tertiary/aromatic N) is 2. The van der Waals surface area contributed by atoms with Gasteiger partial charge in [0.15, 0.2) is 0 Å². The Hall–Kier alpha value is -1.39. The van der Waals surface area contributed by atoms with Gasteiger partial charge in [0.1, 0.15) is 0 Å². The number of carbonyl (C=O) groups excluding carboxylic acids is 1. The molecule has 1 amide bonds. The van der Waals surface area contributed by atoms with Crippen LogP contribution in [-0.2, 0) is 6.42 Å². The van der Waals surface area contributed by atoms with Gasteiger partial charge < -0.3 is 14.9 Å². The number of benzene rings is 1. The Morgan fingerprint density at radius 1 is 1.25 bits per heavy atom. The highest BCUT2D eigenvalue weighted by atomic mass is 16.3. The molecule has 2 saturated heterocycles. The molecule has 3 rings (SSSR count). The monoisotopic (exact) mass is 330 g/mol. The van der Waals surface area contributed by atoms with E-state index in [-0.39, 0.29) is 5.91 Å². The molecule has 1 aromatic rings. The second-order valence-electron chi connectivity index (χ2n) is 8.48. The van der Waals surface area contributed by atoms with Crippen molar-refractivity contribution in [2.45, 2.75) is 45.1 Å². The van der Waals surface area contributed by atoms with Crippen LogP contribution >= 0.6 is 0 Å². The molecule has 24 heavy (non-hydrogen) atoms. The fourth-order valence-corrected chi connectivity index (χ4v) is 4.09. The molecule has 1 aromatic carbocycles. The summed E-state index contributed by atoms with van der Waals surface area (Å²) in [6.45, 7) is 7.68. The minimum absolute atomic E-state index is 0.159. The largest absolute Gasteiger partial charge is 0.390 e. The molecule has 1 atom stereocenters. The molecule has 2 aliphatic heterocycles. The van der Waals surface area contributed by atoms with Gasteiger partial charge in [-0.05, 0) is 70.8 Å². The van der Waals surface area contributed by atoms with Crippen molar-refractivity contribution in [3.05, 3.63) is 35.4 Å². The number of rotatable bonds is 4. The lowest BCUT2D eigenvalue weighted by atomic mass is 9.86. The summed E-state index contributed by atoms with van der Waals surface area (Å²) in [6.07, 6.45) is 3.82. The van der Waals surface area contributed by atoms with E-state index in [9.17, 15) is 9.90 Å². The van der Waals surface area contributed by atoms with Crippen molar-refractivity contribution in [2.24, 2.45) is 5.41 Å². The first-order valence-electron chi connectivity index (χ1n) is 9.06. The van der Waals surface area contributed by atoms with Crippen LogP contribution < -0.4 is 0 Å². The third-order valence-electron chi connectivity index (χ3n) is 5.55. The number of carbonyl (C=O) groups is 1. The number of aliphatic hydroxyl groups is 1. The third kappa shape index (κ3) is 3.98. The zero-order chi connectivity index (χ0) is 17.4. The van der Waals surface area contributed by atoms with Gasteiger partial charge in [0.05, 0.1) is 5.60 Å². The van der Waals surface area contributed by atoms with Crippen LogP contribution in [0.4, 0.5) is 0 Å². The molecule has 2 heterocycles. The van der Waals surface area contributed by atoms with Gasteiger partial charge in [-0.25, -0.2) is 0 Å². The van der Waals surface area contributed by atoms with Crippen molar-refractivity contribution < 1.29 is 9.90 Å². The molecular formula is C20H30N2O2. The Kier molecular flexibility index (Phi) is 4.71. The summed E-state index contributed by atoms with van der Waals surface area (Å²) in [7, 11) is 2.17. The van der Waals surface area contributed by atoms with Crippen LogP contribution in [0.15, 0.2) is 24.3 Å². The van der Waals surface area contributed by atoms with Crippen LogP contribution in [0.2, 0.25) is 0 Å². The van der Waals surface area contributed by atoms with E-state index in [0.717, 1.165) is 50.1 Å². The first-order chi connectivity index (χ1) is 11.3. The summed E-state index contributed by atoms with van der Waals surface area (Å²) in [6, 6.07) is 7.92. The highest BCUT2D eigenvalue weighted by molar-refractivity contribution is 5.94. The normalized spacial score (nSPS) is 24.9. The number of amides is 1. The summed E-state index contributed by atoms with van der Waals surface area (Å²) in [4.78, 5) is 17.3. The van der Waals surface area contributed by atoms with Gasteiger partial charge in [0, 0.05) is 30.6 Å². The lowest BCUT2D eigenvalue weighted by Crippen LogP contribution is -2.33. The van der Waals surface area contributed by atoms with E-state index in [4.69, 9.17) is 0 Å². The predicted octanol–water partition coefficient (Wildman–Crippen LogP) is 2.56. The minimum atomic E-state index is -0.671. The van der Waals surface area contributed by atoms with Gasteiger partial charge in [-0.15, -0.1) is 0 Å². The Balaban J connectivity index is 1.65. The van der Waals surface area contributed by atoms with Crippen molar-refractivity contribution in [3.63, 3.8) is 0 Å². The molecule has 4 nitrogen and oxygen atoms in total. The van der Waals surface area contributed by atoms with E-state index < -0.39 is 5.60 Å². The zero-order valence-electron chi connectivity index (χ0n) is 15.2. The Labute approximate surface area is 145 Å². The lowest BCUT2D eigenvalue weighted by Gasteiger charge is -2.24. The molecule has 0 aromatic heterocycles. The number of aryl methyl sites for hydroxylation is 1. The van der Waals surface area contributed by atoms with E-state index in [2.05, 4.69) is 11.9 Å². The average Bonchev–Trinajstić information content (AvgIpc) is 3.11. The topological polar surface area (TPSA) is 43.8 Å². The molecule has 2 fully saturated rings. The summed E-state index contributed by atoms with van der Waals surface area (Å²) in [5, 5.41) is 9.89. The van der Waals surface area contributed by atoms with Gasteiger partial charge in [0.2, 0.25) is 0 Å². The highest BCUT2D eigenvalue weighted by Gasteiger charge is 2.43. The first kappa shape index (κ1) is 17.4. The number of hydrogen-bond donors (Lipinski definition) is 1. The van der Waals surface area contributed by atoms with Crippen LogP contribution in [0.1, 0.15) is 49.0 Å². The smallest absolute Gasteiger partial charge is 0.253 e. The second kappa shape index (κ2) is 6.49. The highest BCUT2D eigenvalue weighted by Crippen LogP contribution is 2.39. The van der Waals surface area contributed by atoms with Crippen molar-refractivity contribution in [3.8, 4) is 0 Å². The zero-order valence-corrected chi connectivity index (χ0v) is 15.2. The minimum Gasteiger partial charge on any atom is -0.390 e. The van der Waals surface area contributed by atoms with Crippen LogP contribution in [0.25, 0.3) is 0 Å². The Morgan fingerprint density at radius 2 is 2.00 bits per heavy atom. The average molecular weight is 330 g/mol. The Morgan fingerprint density at radius 3 is 2.67 bits per heavy atom. The maximum absolute atomic E-state index is 12.9. The summed E-state index contributed by atoms with van der Waals surface area (Å²) >= 11 is 0. The lowest BCUT2D eigenvalue weighted by molar-refractivity contribution is 0.0714. The van der Waals surface area contributed by atoms with Crippen molar-refractivity contribution >= 4 is 5.91 Å². The van der Waals surface area contributed by atoms with E-state index in [0.29, 0.717) is 11.8 Å². The third-order valence-corrected chi connectivity index (χ3v) is 5.55. The predicted molar refractivity (Wildman–Crippen MR) is 96.1 cm³/mol.